The number of amides is 2. The Morgan fingerprint density at radius 2 is 1.87 bits per heavy atom. The van der Waals surface area contributed by atoms with Gasteiger partial charge in [0.1, 0.15) is 11.8 Å². The lowest BCUT2D eigenvalue weighted by atomic mass is 9.85. The van der Waals surface area contributed by atoms with Crippen molar-refractivity contribution in [1.29, 1.82) is 0 Å². The molecule has 0 saturated carbocycles. The van der Waals surface area contributed by atoms with Gasteiger partial charge >= 0.3 is 0 Å². The molecule has 8 nitrogen and oxygen atoms in total. The van der Waals surface area contributed by atoms with Crippen molar-refractivity contribution in [2.75, 3.05) is 27.3 Å². The van der Waals surface area contributed by atoms with E-state index in [0.29, 0.717) is 25.9 Å². The van der Waals surface area contributed by atoms with Crippen LogP contribution in [0.15, 0.2) is 73.8 Å². The number of carbonyl (C=O) groups is 2. The van der Waals surface area contributed by atoms with Crippen LogP contribution in [0, 0.1) is 5.41 Å². The molecule has 246 valence electrons. The molecule has 0 heterocycles. The summed E-state index contributed by atoms with van der Waals surface area (Å²) in [5.74, 6) is 0.360. The molecule has 8 heteroatoms. The van der Waals surface area contributed by atoms with E-state index < -0.39 is 23.6 Å². The van der Waals surface area contributed by atoms with E-state index in [1.54, 1.807) is 31.2 Å². The quantitative estimate of drug-likeness (QED) is 0.175. The van der Waals surface area contributed by atoms with Crippen molar-refractivity contribution in [1.82, 2.24) is 15.5 Å². The number of aliphatic hydroxyl groups excluding tert-OH is 1. The van der Waals surface area contributed by atoms with E-state index in [0.717, 1.165) is 41.7 Å². The van der Waals surface area contributed by atoms with Crippen LogP contribution in [0.2, 0.25) is 0 Å². The number of hydrogen-bond donors (Lipinski definition) is 3. The number of rotatable bonds is 19. The Morgan fingerprint density at radius 1 is 1.13 bits per heavy atom. The van der Waals surface area contributed by atoms with E-state index in [1.165, 1.54) is 0 Å². The van der Waals surface area contributed by atoms with Gasteiger partial charge in [-0.05, 0) is 54.5 Å². The van der Waals surface area contributed by atoms with Crippen molar-refractivity contribution in [2.45, 2.75) is 89.6 Å². The van der Waals surface area contributed by atoms with Gasteiger partial charge in [-0.15, -0.1) is 13.2 Å². The molecular formula is C37H53N3O5. The maximum atomic E-state index is 13.8. The van der Waals surface area contributed by atoms with E-state index in [-0.39, 0.29) is 30.5 Å². The number of aliphatic hydroxyl groups is 1. The summed E-state index contributed by atoms with van der Waals surface area (Å²) in [5.41, 5.74) is 2.54. The minimum Gasteiger partial charge on any atom is -0.497 e. The van der Waals surface area contributed by atoms with Crippen LogP contribution >= 0.6 is 0 Å². The van der Waals surface area contributed by atoms with Gasteiger partial charge < -0.3 is 30.1 Å². The summed E-state index contributed by atoms with van der Waals surface area (Å²) in [6.45, 7) is 14.3. The molecule has 0 radical (unpaired) electrons. The number of methoxy groups -OCH3 is 1. The van der Waals surface area contributed by atoms with Crippen molar-refractivity contribution in [3.05, 3.63) is 90.5 Å². The lowest BCUT2D eigenvalue weighted by Gasteiger charge is -2.35. The largest absolute Gasteiger partial charge is 0.497 e. The molecule has 5 atom stereocenters. The number of ether oxygens (including phenoxy) is 2. The summed E-state index contributed by atoms with van der Waals surface area (Å²) >= 11 is 0. The van der Waals surface area contributed by atoms with Crippen molar-refractivity contribution >= 4 is 11.8 Å². The zero-order valence-corrected chi connectivity index (χ0v) is 27.8. The highest BCUT2D eigenvalue weighted by Gasteiger charge is 2.37. The Labute approximate surface area is 269 Å². The summed E-state index contributed by atoms with van der Waals surface area (Å²) in [6.07, 6.45) is 6.47. The number of benzene rings is 2. The molecule has 0 saturated heterocycles. The van der Waals surface area contributed by atoms with Crippen molar-refractivity contribution in [3.63, 3.8) is 0 Å². The van der Waals surface area contributed by atoms with Crippen LogP contribution in [0.25, 0.3) is 0 Å². The van der Waals surface area contributed by atoms with E-state index >= 15 is 0 Å². The smallest absolute Gasteiger partial charge is 0.243 e. The molecule has 45 heavy (non-hydrogen) atoms. The predicted octanol–water partition coefficient (Wildman–Crippen LogP) is 5.68. The van der Waals surface area contributed by atoms with Crippen LogP contribution in [0.4, 0.5) is 0 Å². The third-order valence-electron chi connectivity index (χ3n) is 8.76. The molecule has 0 spiro atoms. The molecule has 0 bridgehead atoms. The first-order chi connectivity index (χ1) is 21.6. The Morgan fingerprint density at radius 3 is 2.51 bits per heavy atom. The SMILES string of the molecule is C=CCO[C@@H]1C[C@H](NC[C@H](O)[C@H](Cc2ccccc2)NC(=O)[C@H](CC=C)N(C)C(=O)C(C)(C)CCCC)c2cc(OC)ccc21. The first kappa shape index (κ1) is 36.0. The third-order valence-corrected chi connectivity index (χ3v) is 8.76. The van der Waals surface area contributed by atoms with Gasteiger partial charge in [0, 0.05) is 25.0 Å². The van der Waals surface area contributed by atoms with Crippen molar-refractivity contribution in [2.24, 2.45) is 5.41 Å². The average Bonchev–Trinajstić information content (AvgIpc) is 3.39. The maximum Gasteiger partial charge on any atom is 0.243 e. The molecule has 0 aliphatic heterocycles. The zero-order valence-electron chi connectivity index (χ0n) is 27.8. The second-order valence-electron chi connectivity index (χ2n) is 12.6. The third kappa shape index (κ3) is 9.76. The summed E-state index contributed by atoms with van der Waals surface area (Å²) in [4.78, 5) is 28.9. The van der Waals surface area contributed by atoms with Crippen LogP contribution in [0.5, 0.6) is 5.75 Å². The number of fused-ring (bicyclic) bond motifs is 1. The first-order valence-corrected chi connectivity index (χ1v) is 16.1. The van der Waals surface area contributed by atoms with E-state index in [1.807, 2.05) is 62.4 Å². The van der Waals surface area contributed by atoms with Gasteiger partial charge in [-0.2, -0.15) is 0 Å². The standard InChI is InChI=1S/C37H53N3O5/c1-8-11-20-37(4,5)36(43)40(6)32(15-9-2)35(42)39-31(22-26-16-13-12-14-17-26)33(41)25-38-30-24-34(45-21-10-3)28-19-18-27(44-7)23-29(28)30/h9-10,12-14,16-19,23,30-34,38,41H,2-3,8,11,15,20-22,24-25H2,1,4-7H3,(H,39,42)/t30-,31-,32-,33-,34+/m0/s1. The van der Waals surface area contributed by atoms with Crippen LogP contribution in [0.1, 0.15) is 81.7 Å². The van der Waals surface area contributed by atoms with Gasteiger partial charge in [0.25, 0.3) is 0 Å². The van der Waals surface area contributed by atoms with Crippen LogP contribution in [-0.2, 0) is 20.7 Å². The Kier molecular flexibility index (Phi) is 13.8. The normalized spacial score (nSPS) is 17.9. The molecule has 0 aromatic heterocycles. The van der Waals surface area contributed by atoms with Gasteiger partial charge in [-0.3, -0.25) is 9.59 Å². The van der Waals surface area contributed by atoms with Crippen LogP contribution in [-0.4, -0.2) is 67.3 Å². The first-order valence-electron chi connectivity index (χ1n) is 16.1. The van der Waals surface area contributed by atoms with Gasteiger partial charge in [-0.1, -0.05) is 82.2 Å². The molecular weight excluding hydrogens is 566 g/mol. The monoisotopic (exact) mass is 619 g/mol. The second-order valence-corrected chi connectivity index (χ2v) is 12.6. The fourth-order valence-electron chi connectivity index (χ4n) is 6.06. The number of unbranched alkanes of at least 4 members (excludes halogenated alkanes) is 1. The molecule has 3 rings (SSSR count). The van der Waals surface area contributed by atoms with Crippen LogP contribution in [0.3, 0.4) is 0 Å². The molecule has 0 unspecified atom stereocenters. The lowest BCUT2D eigenvalue weighted by Crippen LogP contribution is -2.56. The van der Waals surface area contributed by atoms with E-state index in [4.69, 9.17) is 9.47 Å². The molecule has 2 aromatic carbocycles. The Bertz CT molecular complexity index is 1260. The summed E-state index contributed by atoms with van der Waals surface area (Å²) < 4.78 is 11.5. The van der Waals surface area contributed by atoms with Gasteiger partial charge in [-0.25, -0.2) is 0 Å². The summed E-state index contributed by atoms with van der Waals surface area (Å²) in [7, 11) is 3.33. The molecule has 1 aliphatic carbocycles. The highest BCUT2D eigenvalue weighted by atomic mass is 16.5. The van der Waals surface area contributed by atoms with Gasteiger partial charge in [0.05, 0.1) is 32.0 Å². The van der Waals surface area contributed by atoms with E-state index in [9.17, 15) is 14.7 Å². The molecule has 0 fully saturated rings. The molecule has 3 N–H and O–H groups in total. The highest BCUT2D eigenvalue weighted by Crippen LogP contribution is 2.42. The van der Waals surface area contributed by atoms with Crippen molar-refractivity contribution in [3.8, 4) is 5.75 Å². The fourth-order valence-corrected chi connectivity index (χ4v) is 6.06. The molecule has 2 aromatic rings. The topological polar surface area (TPSA) is 100 Å². The maximum absolute atomic E-state index is 13.8. The minimum absolute atomic E-state index is 0.0738. The molecule has 2 amide bonds. The number of likely N-dealkylation sites (N-methyl/N-ethyl adjacent to an activating group) is 1. The summed E-state index contributed by atoms with van der Waals surface area (Å²) in [6, 6.07) is 14.3. The number of nitrogens with zero attached hydrogens (tertiary/aromatic N) is 1. The number of nitrogens with one attached hydrogen (secondary N) is 2. The van der Waals surface area contributed by atoms with Gasteiger partial charge in [0.2, 0.25) is 11.8 Å². The number of hydrogen-bond acceptors (Lipinski definition) is 6. The van der Waals surface area contributed by atoms with Crippen LogP contribution < -0.4 is 15.4 Å². The zero-order chi connectivity index (χ0) is 33.0. The second kappa shape index (κ2) is 17.3. The predicted molar refractivity (Wildman–Crippen MR) is 180 cm³/mol. The van der Waals surface area contributed by atoms with E-state index in [2.05, 4.69) is 30.7 Å². The molecule has 1 aliphatic rings. The van der Waals surface area contributed by atoms with Gasteiger partial charge in [0.15, 0.2) is 0 Å². The number of carbonyl (C=O) groups excluding carboxylic acids is 2. The van der Waals surface area contributed by atoms with Crippen molar-refractivity contribution < 1.29 is 24.2 Å². The average molecular weight is 620 g/mol. The Hall–Kier alpha value is -3.46. The highest BCUT2D eigenvalue weighted by molar-refractivity contribution is 5.90. The Balaban J connectivity index is 1.79. The lowest BCUT2D eigenvalue weighted by molar-refractivity contribution is -0.146. The minimum atomic E-state index is -0.914. The summed E-state index contributed by atoms with van der Waals surface area (Å²) in [5, 5.41) is 18.2. The fraction of sp³-hybridized carbons (Fsp3) is 0.514.